The predicted molar refractivity (Wildman–Crippen MR) is 98.9 cm³/mol. The van der Waals surface area contributed by atoms with Crippen molar-refractivity contribution < 1.29 is 9.47 Å². The second-order valence-corrected chi connectivity index (χ2v) is 5.90. The number of methoxy groups -OCH3 is 1. The first-order chi connectivity index (χ1) is 12.3. The number of hydrogen-bond acceptors (Lipinski definition) is 4. The Bertz CT molecular complexity index is 902. The number of anilines is 1. The Hall–Kier alpha value is -2.95. The third-order valence-electron chi connectivity index (χ3n) is 4.39. The van der Waals surface area contributed by atoms with Gasteiger partial charge in [-0.05, 0) is 37.6 Å². The van der Waals surface area contributed by atoms with Crippen LogP contribution in [-0.4, -0.2) is 30.0 Å². The number of fused-ring (bicyclic) bond motifs is 1. The van der Waals surface area contributed by atoms with E-state index in [1.165, 1.54) is 5.56 Å². The molecule has 0 amide bonds. The van der Waals surface area contributed by atoms with E-state index in [1.54, 1.807) is 7.11 Å². The summed E-state index contributed by atoms with van der Waals surface area (Å²) in [6, 6.07) is 16.0. The Morgan fingerprint density at radius 3 is 2.88 bits per heavy atom. The van der Waals surface area contributed by atoms with Crippen LogP contribution in [0.4, 0.5) is 5.82 Å². The van der Waals surface area contributed by atoms with Crippen molar-refractivity contribution >= 4 is 5.82 Å². The number of hydrogen-bond donors (Lipinski definition) is 1. The summed E-state index contributed by atoms with van der Waals surface area (Å²) in [6.45, 7) is 3.53. The predicted octanol–water partition coefficient (Wildman–Crippen LogP) is 3.91. The lowest BCUT2D eigenvalue weighted by molar-refractivity contribution is 0.338. The molecule has 0 radical (unpaired) electrons. The maximum absolute atomic E-state index is 5.79. The van der Waals surface area contributed by atoms with Crippen molar-refractivity contribution in [3.63, 3.8) is 0 Å². The molecule has 1 aromatic heterocycles. The second-order valence-electron chi connectivity index (χ2n) is 5.90. The minimum Gasteiger partial charge on any atom is -0.497 e. The summed E-state index contributed by atoms with van der Waals surface area (Å²) in [6.07, 6.45) is 0.957. The summed E-state index contributed by atoms with van der Waals surface area (Å²) in [5, 5.41) is 8.38. The fourth-order valence-electron chi connectivity index (χ4n) is 3.26. The van der Waals surface area contributed by atoms with Crippen molar-refractivity contribution in [1.29, 1.82) is 0 Å². The van der Waals surface area contributed by atoms with Crippen LogP contribution in [0.1, 0.15) is 12.5 Å². The third kappa shape index (κ3) is 2.71. The molecule has 4 rings (SSSR count). The van der Waals surface area contributed by atoms with E-state index in [9.17, 15) is 0 Å². The molecule has 0 saturated carbocycles. The molecule has 0 atom stereocenters. The topological polar surface area (TPSA) is 48.3 Å². The summed E-state index contributed by atoms with van der Waals surface area (Å²) >= 11 is 0. The Labute approximate surface area is 147 Å². The summed E-state index contributed by atoms with van der Waals surface area (Å²) in [7, 11) is 1.68. The number of aromatic nitrogens is 2. The van der Waals surface area contributed by atoms with Crippen LogP contribution in [0.15, 0.2) is 48.5 Å². The van der Waals surface area contributed by atoms with Crippen molar-refractivity contribution in [2.24, 2.45) is 0 Å². The minimum atomic E-state index is 0.622. The average Bonchev–Trinajstić information content (AvgIpc) is 3.25. The smallest absolute Gasteiger partial charge is 0.145 e. The van der Waals surface area contributed by atoms with E-state index >= 15 is 0 Å². The molecular formula is C20H21N3O2. The van der Waals surface area contributed by atoms with Gasteiger partial charge < -0.3 is 14.8 Å². The molecule has 0 fully saturated rings. The fourth-order valence-corrected chi connectivity index (χ4v) is 3.26. The molecule has 5 heteroatoms. The largest absolute Gasteiger partial charge is 0.497 e. The van der Waals surface area contributed by atoms with E-state index in [-0.39, 0.29) is 0 Å². The van der Waals surface area contributed by atoms with Crippen molar-refractivity contribution in [2.45, 2.75) is 13.3 Å². The number of ether oxygens (including phenoxy) is 2. The second kappa shape index (κ2) is 6.51. The van der Waals surface area contributed by atoms with Gasteiger partial charge in [0.1, 0.15) is 23.0 Å². The highest BCUT2D eigenvalue weighted by atomic mass is 16.5. The molecule has 1 N–H and O–H groups in total. The fraction of sp³-hybridized carbons (Fsp3) is 0.250. The number of nitrogens with one attached hydrogen (secondary N) is 1. The SMILES string of the molecule is CCOc1ccccc1-n1nc(-c2cccc(OC)c2)c2c1NCC2. The molecular weight excluding hydrogens is 314 g/mol. The van der Waals surface area contributed by atoms with E-state index in [2.05, 4.69) is 11.4 Å². The highest BCUT2D eigenvalue weighted by Gasteiger charge is 2.25. The van der Waals surface area contributed by atoms with E-state index in [0.29, 0.717) is 6.61 Å². The maximum atomic E-state index is 5.79. The van der Waals surface area contributed by atoms with Crippen LogP contribution in [0.25, 0.3) is 16.9 Å². The zero-order chi connectivity index (χ0) is 17.2. The van der Waals surface area contributed by atoms with Gasteiger partial charge in [0, 0.05) is 17.7 Å². The first-order valence-corrected chi connectivity index (χ1v) is 8.54. The molecule has 25 heavy (non-hydrogen) atoms. The lowest BCUT2D eigenvalue weighted by Gasteiger charge is -2.12. The van der Waals surface area contributed by atoms with Crippen molar-refractivity contribution in [3.8, 4) is 28.4 Å². The molecule has 2 heterocycles. The van der Waals surface area contributed by atoms with Crippen LogP contribution >= 0.6 is 0 Å². The number of benzene rings is 2. The highest BCUT2D eigenvalue weighted by Crippen LogP contribution is 2.37. The van der Waals surface area contributed by atoms with Crippen LogP contribution in [0.2, 0.25) is 0 Å². The van der Waals surface area contributed by atoms with E-state index in [0.717, 1.165) is 47.2 Å². The Balaban J connectivity index is 1.86. The molecule has 128 valence electrons. The zero-order valence-corrected chi connectivity index (χ0v) is 14.5. The average molecular weight is 335 g/mol. The standard InChI is InChI=1S/C20H21N3O2/c1-3-25-18-10-5-4-9-17(18)23-20-16(11-12-21-20)19(22-23)14-7-6-8-15(13-14)24-2/h4-10,13,21H,3,11-12H2,1-2H3. The number of rotatable bonds is 5. The molecule has 5 nitrogen and oxygen atoms in total. The van der Waals surface area contributed by atoms with Gasteiger partial charge in [0.2, 0.25) is 0 Å². The third-order valence-corrected chi connectivity index (χ3v) is 4.39. The summed E-state index contributed by atoms with van der Waals surface area (Å²) in [5.74, 6) is 2.72. The number of nitrogens with zero attached hydrogens (tertiary/aromatic N) is 2. The Morgan fingerprint density at radius 2 is 2.04 bits per heavy atom. The lowest BCUT2D eigenvalue weighted by atomic mass is 10.1. The Morgan fingerprint density at radius 1 is 1.16 bits per heavy atom. The van der Waals surface area contributed by atoms with E-state index in [1.807, 2.05) is 54.1 Å². The zero-order valence-electron chi connectivity index (χ0n) is 14.5. The van der Waals surface area contributed by atoms with Gasteiger partial charge >= 0.3 is 0 Å². The summed E-state index contributed by atoms with van der Waals surface area (Å²) < 4.78 is 13.1. The van der Waals surface area contributed by atoms with Crippen molar-refractivity contribution in [1.82, 2.24) is 9.78 Å². The van der Waals surface area contributed by atoms with Gasteiger partial charge in [-0.25, -0.2) is 4.68 Å². The summed E-state index contributed by atoms with van der Waals surface area (Å²) in [4.78, 5) is 0. The quantitative estimate of drug-likeness (QED) is 0.768. The molecule has 0 bridgehead atoms. The molecule has 0 unspecified atom stereocenters. The highest BCUT2D eigenvalue weighted by molar-refractivity contribution is 5.74. The van der Waals surface area contributed by atoms with Gasteiger partial charge in [-0.2, -0.15) is 5.10 Å². The van der Waals surface area contributed by atoms with Crippen LogP contribution in [0.3, 0.4) is 0 Å². The van der Waals surface area contributed by atoms with Gasteiger partial charge in [0.25, 0.3) is 0 Å². The minimum absolute atomic E-state index is 0.622. The number of para-hydroxylation sites is 2. The van der Waals surface area contributed by atoms with Gasteiger partial charge in [-0.1, -0.05) is 24.3 Å². The molecule has 0 saturated heterocycles. The lowest BCUT2D eigenvalue weighted by Crippen LogP contribution is -2.06. The monoisotopic (exact) mass is 335 g/mol. The normalized spacial score (nSPS) is 12.6. The molecule has 1 aliphatic heterocycles. The van der Waals surface area contributed by atoms with Crippen LogP contribution in [-0.2, 0) is 6.42 Å². The molecule has 1 aliphatic rings. The van der Waals surface area contributed by atoms with E-state index in [4.69, 9.17) is 14.6 Å². The van der Waals surface area contributed by atoms with Crippen LogP contribution in [0.5, 0.6) is 11.5 Å². The molecule has 0 aliphatic carbocycles. The summed E-state index contributed by atoms with van der Waals surface area (Å²) in [5.41, 5.74) is 4.24. The van der Waals surface area contributed by atoms with Gasteiger partial charge in [-0.3, -0.25) is 0 Å². The molecule has 2 aromatic carbocycles. The molecule has 0 spiro atoms. The van der Waals surface area contributed by atoms with Gasteiger partial charge in [-0.15, -0.1) is 0 Å². The Kier molecular flexibility index (Phi) is 4.06. The van der Waals surface area contributed by atoms with Crippen LogP contribution in [0, 0.1) is 0 Å². The van der Waals surface area contributed by atoms with Crippen molar-refractivity contribution in [3.05, 3.63) is 54.1 Å². The maximum Gasteiger partial charge on any atom is 0.145 e. The van der Waals surface area contributed by atoms with Gasteiger partial charge in [0.15, 0.2) is 0 Å². The van der Waals surface area contributed by atoms with Crippen molar-refractivity contribution in [2.75, 3.05) is 25.6 Å². The first-order valence-electron chi connectivity index (χ1n) is 8.54. The molecule has 3 aromatic rings. The van der Waals surface area contributed by atoms with Crippen LogP contribution < -0.4 is 14.8 Å². The first kappa shape index (κ1) is 15.6. The van der Waals surface area contributed by atoms with E-state index < -0.39 is 0 Å². The van der Waals surface area contributed by atoms with Gasteiger partial charge in [0.05, 0.1) is 19.4 Å².